The van der Waals surface area contributed by atoms with Crippen molar-refractivity contribution in [2.75, 3.05) is 10.0 Å². The van der Waals surface area contributed by atoms with Crippen LogP contribution < -0.4 is 10.0 Å². The number of sulfonamides is 1. The summed E-state index contributed by atoms with van der Waals surface area (Å²) in [6.07, 6.45) is 5.13. The van der Waals surface area contributed by atoms with Crippen molar-refractivity contribution in [1.82, 2.24) is 19.9 Å². The van der Waals surface area contributed by atoms with E-state index in [0.717, 1.165) is 0 Å². The number of carbonyl (C=O) groups is 1. The Kier molecular flexibility index (Phi) is 7.52. The number of nitrogens with zero attached hydrogens (tertiary/aromatic N) is 3. The molecule has 1 aromatic carbocycles. The fourth-order valence-corrected chi connectivity index (χ4v) is 5.53. The molecule has 11 nitrogen and oxygen atoms in total. The van der Waals surface area contributed by atoms with Crippen LogP contribution in [0.25, 0.3) is 22.9 Å². The summed E-state index contributed by atoms with van der Waals surface area (Å²) < 4.78 is 38.8. The van der Waals surface area contributed by atoms with E-state index in [0.29, 0.717) is 45.9 Å². The Morgan fingerprint density at radius 2 is 1.74 bits per heavy atom. The number of benzene rings is 1. The molecule has 5 rings (SSSR count). The lowest BCUT2D eigenvalue weighted by Gasteiger charge is -2.14. The molecule has 39 heavy (non-hydrogen) atoms. The Hall–Kier alpha value is -4.36. The van der Waals surface area contributed by atoms with Crippen molar-refractivity contribution in [3.63, 3.8) is 0 Å². The van der Waals surface area contributed by atoms with E-state index in [1.54, 1.807) is 43.7 Å². The van der Waals surface area contributed by atoms with Gasteiger partial charge in [0.05, 0.1) is 22.7 Å². The van der Waals surface area contributed by atoms with Crippen molar-refractivity contribution in [1.29, 1.82) is 0 Å². The van der Waals surface area contributed by atoms with Crippen molar-refractivity contribution < 1.29 is 22.0 Å². The second kappa shape index (κ2) is 11.2. The van der Waals surface area contributed by atoms with Crippen LogP contribution in [0.4, 0.5) is 11.6 Å². The smallest absolute Gasteiger partial charge is 0.264 e. The number of furan rings is 2. The predicted octanol–water partition coefficient (Wildman–Crippen LogP) is 5.34. The van der Waals surface area contributed by atoms with Gasteiger partial charge < -0.3 is 19.1 Å². The van der Waals surface area contributed by atoms with Gasteiger partial charge in [0.2, 0.25) is 11.9 Å². The second-order valence-electron chi connectivity index (χ2n) is 8.38. The highest BCUT2D eigenvalue weighted by Gasteiger charge is 2.24. The van der Waals surface area contributed by atoms with E-state index in [-0.39, 0.29) is 16.8 Å². The molecule has 200 valence electrons. The highest BCUT2D eigenvalue weighted by atomic mass is 32.2. The monoisotopic (exact) mass is 564 g/mol. The third-order valence-corrected chi connectivity index (χ3v) is 8.17. The molecule has 1 amide bonds. The first-order valence-electron chi connectivity index (χ1n) is 11.9. The van der Waals surface area contributed by atoms with Crippen LogP contribution in [-0.4, -0.2) is 39.5 Å². The normalized spacial score (nSPS) is 12.3. The summed E-state index contributed by atoms with van der Waals surface area (Å²) in [7, 11) is -3.90. The summed E-state index contributed by atoms with van der Waals surface area (Å²) in [6.45, 7) is 3.64. The topological polar surface area (TPSA) is 156 Å². The maximum Gasteiger partial charge on any atom is 0.264 e. The molecule has 0 aliphatic carbocycles. The van der Waals surface area contributed by atoms with Gasteiger partial charge in [-0.2, -0.15) is 0 Å². The zero-order valence-electron chi connectivity index (χ0n) is 20.9. The van der Waals surface area contributed by atoms with Gasteiger partial charge in [0, 0.05) is 17.6 Å². The summed E-state index contributed by atoms with van der Waals surface area (Å²) in [6, 6.07) is 14.7. The molecule has 1 atom stereocenters. The SMILES string of the molecule is CCC(Sc1nc(-c2ccco2)c(-c2ccco2)[nH]1)C(=O)Nc1ccc(S(=O)(=O)Nc2nccc(C)n2)cc1. The first kappa shape index (κ1) is 26.3. The van der Waals surface area contributed by atoms with E-state index in [4.69, 9.17) is 8.83 Å². The molecule has 0 saturated carbocycles. The van der Waals surface area contributed by atoms with Crippen molar-refractivity contribution in [2.45, 2.75) is 35.6 Å². The summed E-state index contributed by atoms with van der Waals surface area (Å²) in [5.74, 6) is 0.899. The number of hydrogen-bond donors (Lipinski definition) is 3. The Labute approximate surface area is 228 Å². The number of carbonyl (C=O) groups excluding carboxylic acids is 1. The molecule has 0 radical (unpaired) electrons. The van der Waals surface area contributed by atoms with Gasteiger partial charge in [-0.1, -0.05) is 18.7 Å². The summed E-state index contributed by atoms with van der Waals surface area (Å²) in [5.41, 5.74) is 2.31. The van der Waals surface area contributed by atoms with Gasteiger partial charge in [-0.25, -0.2) is 28.1 Å². The number of aromatic nitrogens is 4. The number of rotatable bonds is 10. The zero-order chi connectivity index (χ0) is 27.4. The number of amides is 1. The minimum atomic E-state index is -3.90. The highest BCUT2D eigenvalue weighted by Crippen LogP contribution is 2.35. The van der Waals surface area contributed by atoms with Crippen molar-refractivity contribution in [3.05, 3.63) is 79.0 Å². The number of nitrogens with one attached hydrogen (secondary N) is 3. The number of aromatic amines is 1. The molecule has 13 heteroatoms. The Balaban J connectivity index is 1.28. The molecule has 4 aromatic heterocycles. The van der Waals surface area contributed by atoms with E-state index >= 15 is 0 Å². The van der Waals surface area contributed by atoms with Crippen LogP contribution in [0.15, 0.2) is 92.2 Å². The Morgan fingerprint density at radius 1 is 1.03 bits per heavy atom. The molecular weight excluding hydrogens is 540 g/mol. The Bertz CT molecular complexity index is 1610. The fourth-order valence-electron chi connectivity index (χ4n) is 3.67. The number of aryl methyl sites for hydroxylation is 1. The molecule has 0 fully saturated rings. The van der Waals surface area contributed by atoms with E-state index in [9.17, 15) is 13.2 Å². The lowest BCUT2D eigenvalue weighted by atomic mass is 10.2. The number of anilines is 2. The van der Waals surface area contributed by atoms with Crippen LogP contribution in [0.1, 0.15) is 19.0 Å². The van der Waals surface area contributed by atoms with Gasteiger partial charge >= 0.3 is 0 Å². The van der Waals surface area contributed by atoms with Crippen LogP contribution in [0.3, 0.4) is 0 Å². The second-order valence-corrected chi connectivity index (χ2v) is 11.2. The molecule has 0 aliphatic heterocycles. The fraction of sp³-hybridized carbons (Fsp3) is 0.154. The summed E-state index contributed by atoms with van der Waals surface area (Å²) >= 11 is 1.27. The van der Waals surface area contributed by atoms with Gasteiger partial charge in [-0.05, 0) is 67.9 Å². The molecule has 3 N–H and O–H groups in total. The van der Waals surface area contributed by atoms with Crippen LogP contribution >= 0.6 is 11.8 Å². The molecule has 0 aliphatic rings. The number of imidazole rings is 1. The van der Waals surface area contributed by atoms with E-state index < -0.39 is 15.3 Å². The molecule has 0 saturated heterocycles. The molecule has 0 spiro atoms. The Morgan fingerprint density at radius 3 is 2.38 bits per heavy atom. The molecular formula is C26H24N6O5S2. The lowest BCUT2D eigenvalue weighted by molar-refractivity contribution is -0.115. The maximum absolute atomic E-state index is 13.1. The van der Waals surface area contributed by atoms with E-state index in [1.807, 2.05) is 13.0 Å². The van der Waals surface area contributed by atoms with E-state index in [1.165, 1.54) is 42.2 Å². The number of H-pyrrole nitrogens is 1. The average molecular weight is 565 g/mol. The van der Waals surface area contributed by atoms with Crippen molar-refractivity contribution in [2.24, 2.45) is 0 Å². The quantitative estimate of drug-likeness (QED) is 0.191. The molecule has 1 unspecified atom stereocenters. The van der Waals surface area contributed by atoms with Crippen LogP contribution in [0, 0.1) is 6.92 Å². The maximum atomic E-state index is 13.1. The average Bonchev–Trinajstić information content (AvgIpc) is 3.69. The first-order valence-corrected chi connectivity index (χ1v) is 14.3. The van der Waals surface area contributed by atoms with Gasteiger partial charge in [0.1, 0.15) is 11.4 Å². The highest BCUT2D eigenvalue weighted by molar-refractivity contribution is 8.00. The standard InChI is InChI=1S/C26H24N6O5S2/c1-3-21(38-26-30-22(19-6-4-14-36-19)23(31-26)20-7-5-15-37-20)24(33)29-17-8-10-18(11-9-17)39(34,35)32-25-27-13-12-16(2)28-25/h4-15,21H,3H2,1-2H3,(H,29,33)(H,30,31)(H,27,28,32). The largest absolute Gasteiger partial charge is 0.463 e. The zero-order valence-corrected chi connectivity index (χ0v) is 22.5. The molecule has 4 heterocycles. The van der Waals surface area contributed by atoms with Crippen molar-refractivity contribution in [3.8, 4) is 22.9 Å². The van der Waals surface area contributed by atoms with Crippen LogP contribution in [0.2, 0.25) is 0 Å². The lowest BCUT2D eigenvalue weighted by Crippen LogP contribution is -2.24. The van der Waals surface area contributed by atoms with Crippen LogP contribution in [0.5, 0.6) is 0 Å². The summed E-state index contributed by atoms with van der Waals surface area (Å²) in [5, 5.41) is 2.90. The first-order chi connectivity index (χ1) is 18.8. The summed E-state index contributed by atoms with van der Waals surface area (Å²) in [4.78, 5) is 29.0. The van der Waals surface area contributed by atoms with Crippen LogP contribution in [-0.2, 0) is 14.8 Å². The third kappa shape index (κ3) is 6.04. The van der Waals surface area contributed by atoms with Gasteiger partial charge in [-0.3, -0.25) is 4.79 Å². The number of hydrogen-bond acceptors (Lipinski definition) is 9. The van der Waals surface area contributed by atoms with Crippen molar-refractivity contribution >= 4 is 39.3 Å². The third-order valence-electron chi connectivity index (χ3n) is 5.57. The van der Waals surface area contributed by atoms with Gasteiger partial charge in [0.25, 0.3) is 10.0 Å². The van der Waals surface area contributed by atoms with Gasteiger partial charge in [0.15, 0.2) is 16.7 Å². The number of thioether (sulfide) groups is 1. The predicted molar refractivity (Wildman–Crippen MR) is 147 cm³/mol. The van der Waals surface area contributed by atoms with E-state index in [2.05, 4.69) is 30.0 Å². The molecule has 0 bridgehead atoms. The molecule has 5 aromatic rings. The minimum absolute atomic E-state index is 0.0125. The minimum Gasteiger partial charge on any atom is -0.463 e. The van der Waals surface area contributed by atoms with Gasteiger partial charge in [-0.15, -0.1) is 0 Å².